The zero-order valence-corrected chi connectivity index (χ0v) is 9.79. The molecular formula is C10H13NO4S. The first-order chi connectivity index (χ1) is 7.52. The molecule has 5 nitrogen and oxygen atoms in total. The Morgan fingerprint density at radius 1 is 1.50 bits per heavy atom. The van der Waals surface area contributed by atoms with Crippen molar-refractivity contribution in [2.75, 3.05) is 5.75 Å². The second-order valence-electron chi connectivity index (χ2n) is 4.01. The van der Waals surface area contributed by atoms with Crippen LogP contribution in [-0.2, 0) is 9.84 Å². The van der Waals surface area contributed by atoms with Crippen molar-refractivity contribution in [3.63, 3.8) is 0 Å². The lowest BCUT2D eigenvalue weighted by Gasteiger charge is -2.20. The largest absolute Gasteiger partial charge is 0.359 e. The molecule has 16 heavy (non-hydrogen) atoms. The number of nitrogens with zero attached hydrogens (tertiary/aromatic N) is 1. The quantitative estimate of drug-likeness (QED) is 0.736. The zero-order valence-electron chi connectivity index (χ0n) is 8.97. The number of sulfone groups is 1. The molecule has 2 heterocycles. The summed E-state index contributed by atoms with van der Waals surface area (Å²) >= 11 is 0. The van der Waals surface area contributed by atoms with Gasteiger partial charge in [0.05, 0.1) is 17.5 Å². The third-order valence-corrected chi connectivity index (χ3v) is 5.02. The maximum absolute atomic E-state index is 11.9. The molecule has 0 saturated carbocycles. The fourth-order valence-corrected chi connectivity index (χ4v) is 3.91. The van der Waals surface area contributed by atoms with Crippen molar-refractivity contribution in [3.8, 4) is 0 Å². The molecule has 2 rings (SSSR count). The topological polar surface area (TPSA) is 77.2 Å². The zero-order chi connectivity index (χ0) is 11.8. The van der Waals surface area contributed by atoms with E-state index in [1.807, 2.05) is 0 Å². The summed E-state index contributed by atoms with van der Waals surface area (Å²) < 4.78 is 28.7. The van der Waals surface area contributed by atoms with Crippen LogP contribution < -0.4 is 0 Å². The van der Waals surface area contributed by atoms with Crippen LogP contribution in [0.1, 0.15) is 47.6 Å². The average molecular weight is 243 g/mol. The van der Waals surface area contributed by atoms with Crippen LogP contribution in [0, 0.1) is 0 Å². The van der Waals surface area contributed by atoms with E-state index < -0.39 is 15.1 Å². The average Bonchev–Trinajstić information content (AvgIpc) is 2.65. The Labute approximate surface area is 93.7 Å². The molecule has 0 radical (unpaired) electrons. The number of Topliss-reactive ketones (excluding diaryl/α,β-unsaturated/α-hetero) is 1. The van der Waals surface area contributed by atoms with E-state index in [9.17, 15) is 13.2 Å². The van der Waals surface area contributed by atoms with Gasteiger partial charge in [-0.1, -0.05) is 11.6 Å². The van der Waals surface area contributed by atoms with Crippen LogP contribution in [0.15, 0.2) is 10.7 Å². The van der Waals surface area contributed by atoms with E-state index in [0.29, 0.717) is 12.8 Å². The Morgan fingerprint density at radius 3 is 2.88 bits per heavy atom. The Balaban J connectivity index is 2.43. The first-order valence-electron chi connectivity index (χ1n) is 5.19. The third kappa shape index (κ3) is 1.89. The first kappa shape index (κ1) is 11.3. The van der Waals surface area contributed by atoms with Crippen molar-refractivity contribution in [2.24, 2.45) is 0 Å². The van der Waals surface area contributed by atoms with E-state index >= 15 is 0 Å². The van der Waals surface area contributed by atoms with Crippen molar-refractivity contribution in [1.29, 1.82) is 0 Å². The van der Waals surface area contributed by atoms with Crippen molar-refractivity contribution in [2.45, 2.75) is 31.4 Å². The fourth-order valence-electron chi connectivity index (χ4n) is 1.99. The monoisotopic (exact) mass is 243 g/mol. The Hall–Kier alpha value is -1.17. The van der Waals surface area contributed by atoms with Gasteiger partial charge in [0, 0.05) is 0 Å². The number of hydrogen-bond donors (Lipinski definition) is 0. The molecule has 1 aromatic rings. The third-order valence-electron chi connectivity index (χ3n) is 2.85. The molecule has 1 aromatic heterocycles. The summed E-state index contributed by atoms with van der Waals surface area (Å²) in [5, 5.41) is 2.83. The summed E-state index contributed by atoms with van der Waals surface area (Å²) in [5.41, 5.74) is 0.287. The number of carbonyl (C=O) groups is 1. The molecule has 0 bridgehead atoms. The molecule has 1 aliphatic rings. The Morgan fingerprint density at radius 2 is 2.25 bits per heavy atom. The van der Waals surface area contributed by atoms with Gasteiger partial charge in [-0.25, -0.2) is 8.42 Å². The van der Waals surface area contributed by atoms with Crippen LogP contribution in [0.4, 0.5) is 0 Å². The van der Waals surface area contributed by atoms with Gasteiger partial charge in [0.2, 0.25) is 0 Å². The molecule has 1 aliphatic heterocycles. The van der Waals surface area contributed by atoms with Crippen LogP contribution in [0.5, 0.6) is 0 Å². The molecule has 1 fully saturated rings. The number of carbonyl (C=O) groups excluding carboxylic acids is 1. The van der Waals surface area contributed by atoms with Crippen LogP contribution in [-0.4, -0.2) is 25.1 Å². The highest BCUT2D eigenvalue weighted by Crippen LogP contribution is 2.35. The van der Waals surface area contributed by atoms with Gasteiger partial charge in [-0.2, -0.15) is 0 Å². The molecule has 0 spiro atoms. The fraction of sp³-hybridized carbons (Fsp3) is 0.600. The molecule has 0 aliphatic carbocycles. The standard InChI is InChI=1S/C10H13NO4S/c1-7(12)8-6-11-15-10(8)9-4-2-3-5-16(9,13)14/h6,9H,2-5H2,1H3. The summed E-state index contributed by atoms with van der Waals surface area (Å²) in [6, 6.07) is 0. The van der Waals surface area contributed by atoms with E-state index in [0.717, 1.165) is 6.42 Å². The molecule has 1 atom stereocenters. The minimum absolute atomic E-state index is 0.162. The molecule has 88 valence electrons. The minimum Gasteiger partial charge on any atom is -0.359 e. The lowest BCUT2D eigenvalue weighted by atomic mass is 10.1. The Bertz CT molecular complexity index is 503. The lowest BCUT2D eigenvalue weighted by molar-refractivity contribution is 0.101. The molecule has 1 unspecified atom stereocenters. The maximum atomic E-state index is 11.9. The summed E-state index contributed by atoms with van der Waals surface area (Å²) in [6.45, 7) is 1.38. The van der Waals surface area contributed by atoms with Crippen LogP contribution in [0.2, 0.25) is 0 Å². The lowest BCUT2D eigenvalue weighted by Crippen LogP contribution is -2.22. The predicted octanol–water partition coefficient (Wildman–Crippen LogP) is 1.52. The highest BCUT2D eigenvalue weighted by molar-refractivity contribution is 7.91. The smallest absolute Gasteiger partial charge is 0.165 e. The number of aromatic nitrogens is 1. The van der Waals surface area contributed by atoms with E-state index in [2.05, 4.69) is 5.16 Å². The van der Waals surface area contributed by atoms with Crippen LogP contribution in [0.3, 0.4) is 0 Å². The predicted molar refractivity (Wildman–Crippen MR) is 56.9 cm³/mol. The van der Waals surface area contributed by atoms with Gasteiger partial charge in [0.15, 0.2) is 21.4 Å². The molecular weight excluding hydrogens is 230 g/mol. The molecule has 0 aromatic carbocycles. The van der Waals surface area contributed by atoms with Gasteiger partial charge in [-0.15, -0.1) is 0 Å². The normalized spacial score (nSPS) is 24.2. The molecule has 1 saturated heterocycles. The van der Waals surface area contributed by atoms with Gasteiger partial charge >= 0.3 is 0 Å². The maximum Gasteiger partial charge on any atom is 0.165 e. The van der Waals surface area contributed by atoms with Crippen molar-refractivity contribution in [3.05, 3.63) is 17.5 Å². The van der Waals surface area contributed by atoms with Crippen LogP contribution >= 0.6 is 0 Å². The summed E-state index contributed by atoms with van der Waals surface area (Å²) in [6.07, 6.45) is 3.32. The van der Waals surface area contributed by atoms with Crippen molar-refractivity contribution < 1.29 is 17.7 Å². The van der Waals surface area contributed by atoms with E-state index in [1.54, 1.807) is 0 Å². The van der Waals surface area contributed by atoms with E-state index in [4.69, 9.17) is 4.52 Å². The minimum atomic E-state index is -3.19. The molecule has 0 amide bonds. The number of rotatable bonds is 2. The van der Waals surface area contributed by atoms with E-state index in [1.165, 1.54) is 13.1 Å². The highest BCUT2D eigenvalue weighted by atomic mass is 32.2. The van der Waals surface area contributed by atoms with E-state index in [-0.39, 0.29) is 22.9 Å². The van der Waals surface area contributed by atoms with Gasteiger partial charge in [0.25, 0.3) is 0 Å². The van der Waals surface area contributed by atoms with Crippen molar-refractivity contribution in [1.82, 2.24) is 5.16 Å². The SMILES string of the molecule is CC(=O)c1cnoc1C1CCCCS1(=O)=O. The van der Waals surface area contributed by atoms with Crippen LogP contribution in [0.25, 0.3) is 0 Å². The van der Waals surface area contributed by atoms with Crippen molar-refractivity contribution >= 4 is 15.6 Å². The summed E-state index contributed by atoms with van der Waals surface area (Å²) in [5.74, 6) is 0.166. The van der Waals surface area contributed by atoms with Gasteiger partial charge in [-0.05, 0) is 19.8 Å². The van der Waals surface area contributed by atoms with Gasteiger partial charge in [-0.3, -0.25) is 4.79 Å². The van der Waals surface area contributed by atoms with Gasteiger partial charge in [0.1, 0.15) is 5.25 Å². The van der Waals surface area contributed by atoms with Gasteiger partial charge < -0.3 is 4.52 Å². The highest BCUT2D eigenvalue weighted by Gasteiger charge is 2.35. The number of hydrogen-bond acceptors (Lipinski definition) is 5. The Kier molecular flexibility index (Phi) is 2.84. The molecule has 0 N–H and O–H groups in total. The first-order valence-corrected chi connectivity index (χ1v) is 6.91. The summed E-state index contributed by atoms with van der Waals surface area (Å²) in [4.78, 5) is 11.3. The number of ketones is 1. The second-order valence-corrected chi connectivity index (χ2v) is 6.31. The summed E-state index contributed by atoms with van der Waals surface area (Å²) in [7, 11) is -3.19. The molecule has 6 heteroatoms. The second kappa shape index (κ2) is 4.01.